The van der Waals surface area contributed by atoms with E-state index in [4.69, 9.17) is 0 Å². The predicted octanol–water partition coefficient (Wildman–Crippen LogP) is 1.75. The van der Waals surface area contributed by atoms with Crippen LogP contribution in [-0.2, 0) is 6.42 Å². The second kappa shape index (κ2) is 5.75. The number of hydrogen-bond donors (Lipinski definition) is 2. The standard InChI is InChI=1S/C14H13NO3S/c16-12-7-2-1-6-11(12)14(17)13(19)9-10-5-3-4-8-15(10)18/h1-8,13,16,19H,9H2. The lowest BCUT2D eigenvalue weighted by Gasteiger charge is -2.10. The zero-order chi connectivity index (χ0) is 13.8. The van der Waals surface area contributed by atoms with Crippen LogP contribution in [-0.4, -0.2) is 16.1 Å². The average Bonchev–Trinajstić information content (AvgIpc) is 2.41. The van der Waals surface area contributed by atoms with Crippen LogP contribution >= 0.6 is 12.6 Å². The van der Waals surface area contributed by atoms with Gasteiger partial charge in [0.15, 0.2) is 17.7 Å². The van der Waals surface area contributed by atoms with Crippen LogP contribution in [0.3, 0.4) is 0 Å². The van der Waals surface area contributed by atoms with E-state index < -0.39 is 5.25 Å². The summed E-state index contributed by atoms with van der Waals surface area (Å²) in [6, 6.07) is 11.3. The SMILES string of the molecule is O=C(c1ccccc1O)C(S)Cc1cccc[n+]1[O-]. The van der Waals surface area contributed by atoms with Gasteiger partial charge >= 0.3 is 0 Å². The number of nitrogens with zero attached hydrogens (tertiary/aromatic N) is 1. The second-order valence-electron chi connectivity index (χ2n) is 4.12. The molecule has 0 saturated carbocycles. The Labute approximate surface area is 116 Å². The number of rotatable bonds is 4. The molecule has 0 aliphatic rings. The summed E-state index contributed by atoms with van der Waals surface area (Å²) in [6.07, 6.45) is 1.58. The highest BCUT2D eigenvalue weighted by Gasteiger charge is 2.22. The number of hydrogen-bond acceptors (Lipinski definition) is 4. The van der Waals surface area contributed by atoms with Crippen molar-refractivity contribution in [3.63, 3.8) is 0 Å². The average molecular weight is 275 g/mol. The van der Waals surface area contributed by atoms with E-state index in [2.05, 4.69) is 12.6 Å². The second-order valence-corrected chi connectivity index (χ2v) is 4.74. The highest BCUT2D eigenvalue weighted by atomic mass is 32.1. The Balaban J connectivity index is 2.17. The number of carbonyl (C=O) groups is 1. The number of aromatic nitrogens is 1. The lowest BCUT2D eigenvalue weighted by Crippen LogP contribution is -2.33. The van der Waals surface area contributed by atoms with Crippen LogP contribution in [0.5, 0.6) is 5.75 Å². The van der Waals surface area contributed by atoms with Crippen molar-refractivity contribution >= 4 is 18.4 Å². The molecule has 5 heteroatoms. The summed E-state index contributed by atoms with van der Waals surface area (Å²) < 4.78 is 0.710. The molecular formula is C14H13NO3S. The number of Topliss-reactive ketones (excluding diaryl/α,β-unsaturated/α-hetero) is 1. The predicted molar refractivity (Wildman–Crippen MR) is 74.3 cm³/mol. The van der Waals surface area contributed by atoms with Crippen molar-refractivity contribution in [1.82, 2.24) is 0 Å². The van der Waals surface area contributed by atoms with Gasteiger partial charge < -0.3 is 10.3 Å². The first-order valence-electron chi connectivity index (χ1n) is 5.77. The minimum Gasteiger partial charge on any atom is -0.619 e. The van der Waals surface area contributed by atoms with E-state index in [0.717, 1.165) is 0 Å². The topological polar surface area (TPSA) is 64.2 Å². The van der Waals surface area contributed by atoms with Gasteiger partial charge in [0.2, 0.25) is 0 Å². The fraction of sp³-hybridized carbons (Fsp3) is 0.143. The first kappa shape index (κ1) is 13.4. The molecule has 1 atom stereocenters. The fourth-order valence-corrected chi connectivity index (χ4v) is 2.10. The molecule has 1 unspecified atom stereocenters. The van der Waals surface area contributed by atoms with Crippen molar-refractivity contribution in [3.8, 4) is 5.75 Å². The van der Waals surface area contributed by atoms with Gasteiger partial charge in [-0.25, -0.2) is 0 Å². The van der Waals surface area contributed by atoms with E-state index in [0.29, 0.717) is 10.4 Å². The van der Waals surface area contributed by atoms with Gasteiger partial charge in [-0.15, -0.1) is 0 Å². The smallest absolute Gasteiger partial charge is 0.194 e. The van der Waals surface area contributed by atoms with Crippen LogP contribution in [0.15, 0.2) is 48.7 Å². The maximum Gasteiger partial charge on any atom is 0.194 e. The van der Waals surface area contributed by atoms with E-state index in [-0.39, 0.29) is 23.5 Å². The third-order valence-corrected chi connectivity index (χ3v) is 3.20. The molecule has 0 bridgehead atoms. The largest absolute Gasteiger partial charge is 0.619 e. The van der Waals surface area contributed by atoms with Crippen LogP contribution in [0.25, 0.3) is 0 Å². The van der Waals surface area contributed by atoms with Crippen molar-refractivity contribution in [1.29, 1.82) is 0 Å². The molecule has 0 radical (unpaired) electrons. The van der Waals surface area contributed by atoms with Gasteiger partial charge in [0.05, 0.1) is 17.2 Å². The van der Waals surface area contributed by atoms with Gasteiger partial charge in [0.1, 0.15) is 5.75 Å². The van der Waals surface area contributed by atoms with E-state index >= 15 is 0 Å². The molecule has 0 aliphatic heterocycles. The zero-order valence-corrected chi connectivity index (χ0v) is 11.0. The van der Waals surface area contributed by atoms with E-state index in [1.54, 1.807) is 30.3 Å². The van der Waals surface area contributed by atoms with Gasteiger partial charge in [0.25, 0.3) is 0 Å². The molecule has 0 saturated heterocycles. The van der Waals surface area contributed by atoms with E-state index in [9.17, 15) is 15.1 Å². The molecule has 1 heterocycles. The molecule has 98 valence electrons. The maximum atomic E-state index is 12.1. The Morgan fingerprint density at radius 2 is 1.95 bits per heavy atom. The number of pyridine rings is 1. The Morgan fingerprint density at radius 3 is 2.63 bits per heavy atom. The number of thiol groups is 1. The van der Waals surface area contributed by atoms with Crippen LogP contribution in [0, 0.1) is 5.21 Å². The molecule has 0 aliphatic carbocycles. The number of phenols is 1. The lowest BCUT2D eigenvalue weighted by molar-refractivity contribution is -0.613. The first-order valence-corrected chi connectivity index (χ1v) is 6.28. The normalized spacial score (nSPS) is 12.1. The third kappa shape index (κ3) is 3.06. The van der Waals surface area contributed by atoms with Crippen LogP contribution in [0.4, 0.5) is 0 Å². The molecule has 1 N–H and O–H groups in total. The van der Waals surface area contributed by atoms with Crippen LogP contribution in [0.1, 0.15) is 16.1 Å². The lowest BCUT2D eigenvalue weighted by atomic mass is 10.0. The highest BCUT2D eigenvalue weighted by Crippen LogP contribution is 2.20. The Kier molecular flexibility index (Phi) is 4.06. The summed E-state index contributed by atoms with van der Waals surface area (Å²) in [7, 11) is 0. The number of para-hydroxylation sites is 1. The van der Waals surface area contributed by atoms with Crippen LogP contribution < -0.4 is 4.73 Å². The molecular weight excluding hydrogens is 262 g/mol. The third-order valence-electron chi connectivity index (χ3n) is 2.78. The molecule has 0 fully saturated rings. The van der Waals surface area contributed by atoms with Gasteiger partial charge in [-0.1, -0.05) is 18.2 Å². The molecule has 2 rings (SSSR count). The molecule has 0 amide bonds. The molecule has 1 aromatic heterocycles. The Bertz CT molecular complexity index is 601. The van der Waals surface area contributed by atoms with Gasteiger partial charge in [0, 0.05) is 12.1 Å². The quantitative estimate of drug-likeness (QED) is 0.387. The number of carbonyl (C=O) groups excluding carboxylic acids is 1. The molecule has 4 nitrogen and oxygen atoms in total. The summed E-state index contributed by atoms with van der Waals surface area (Å²) >= 11 is 4.23. The van der Waals surface area contributed by atoms with Crippen molar-refractivity contribution in [2.45, 2.75) is 11.7 Å². The molecule has 0 spiro atoms. The van der Waals surface area contributed by atoms with Crippen molar-refractivity contribution in [3.05, 3.63) is 65.1 Å². The minimum atomic E-state index is -0.670. The minimum absolute atomic E-state index is 0.0744. The van der Waals surface area contributed by atoms with Gasteiger partial charge in [-0.3, -0.25) is 4.79 Å². The number of benzene rings is 1. The summed E-state index contributed by atoms with van der Waals surface area (Å²) in [5.41, 5.74) is 0.683. The van der Waals surface area contributed by atoms with E-state index in [1.807, 2.05) is 0 Å². The van der Waals surface area contributed by atoms with Gasteiger partial charge in [-0.05, 0) is 12.1 Å². The number of aromatic hydroxyl groups is 1. The molecule has 2 aromatic rings. The first-order chi connectivity index (χ1) is 9.09. The molecule has 1 aromatic carbocycles. The van der Waals surface area contributed by atoms with Crippen molar-refractivity contribution < 1.29 is 14.6 Å². The van der Waals surface area contributed by atoms with Crippen LogP contribution in [0.2, 0.25) is 0 Å². The monoisotopic (exact) mass is 275 g/mol. The Morgan fingerprint density at radius 1 is 1.26 bits per heavy atom. The summed E-state index contributed by atoms with van der Waals surface area (Å²) in [5.74, 6) is -0.375. The van der Waals surface area contributed by atoms with Crippen molar-refractivity contribution in [2.24, 2.45) is 0 Å². The maximum absolute atomic E-state index is 12.1. The van der Waals surface area contributed by atoms with Gasteiger partial charge in [-0.2, -0.15) is 17.4 Å². The summed E-state index contributed by atoms with van der Waals surface area (Å²) in [6.45, 7) is 0. The Hall–Kier alpha value is -2.01. The summed E-state index contributed by atoms with van der Waals surface area (Å²) in [5, 5.41) is 20.5. The van der Waals surface area contributed by atoms with E-state index in [1.165, 1.54) is 18.3 Å². The fourth-order valence-electron chi connectivity index (χ4n) is 1.77. The number of phenolic OH excluding ortho intramolecular Hbond substituents is 1. The zero-order valence-electron chi connectivity index (χ0n) is 10.1. The highest BCUT2D eigenvalue weighted by molar-refractivity contribution is 7.81. The summed E-state index contributed by atoms with van der Waals surface area (Å²) in [4.78, 5) is 12.1. The van der Waals surface area contributed by atoms with Crippen molar-refractivity contribution in [2.75, 3.05) is 0 Å². The number of ketones is 1. The molecule has 19 heavy (non-hydrogen) atoms.